The van der Waals surface area contributed by atoms with Gasteiger partial charge in [-0.2, -0.15) is 0 Å². The lowest BCUT2D eigenvalue weighted by atomic mass is 9.88. The Kier molecular flexibility index (Phi) is 7.66. The van der Waals surface area contributed by atoms with Crippen LogP contribution in [0, 0.1) is 11.8 Å². The lowest BCUT2D eigenvalue weighted by Gasteiger charge is -2.34. The molecule has 3 fully saturated rings. The second kappa shape index (κ2) is 11.3. The van der Waals surface area contributed by atoms with Gasteiger partial charge in [0.25, 0.3) is 0 Å². The van der Waals surface area contributed by atoms with Crippen molar-refractivity contribution in [1.82, 2.24) is 9.80 Å². The second-order valence-corrected chi connectivity index (χ2v) is 12.2. The molecule has 2 saturated carbocycles. The molecule has 0 spiro atoms. The van der Waals surface area contributed by atoms with Gasteiger partial charge in [-0.3, -0.25) is 19.4 Å². The van der Waals surface area contributed by atoms with Crippen molar-refractivity contribution in [2.45, 2.75) is 83.2 Å². The van der Waals surface area contributed by atoms with Crippen molar-refractivity contribution in [1.29, 1.82) is 0 Å². The molecule has 0 radical (unpaired) electrons. The van der Waals surface area contributed by atoms with Gasteiger partial charge in [0.1, 0.15) is 11.5 Å². The number of ether oxygens (including phenoxy) is 2. The number of nitrogens with zero attached hydrogens (tertiary/aromatic N) is 2. The molecule has 4 aliphatic rings. The predicted molar refractivity (Wildman–Crippen MR) is 151 cm³/mol. The quantitative estimate of drug-likeness (QED) is 0.351. The summed E-state index contributed by atoms with van der Waals surface area (Å²) in [6.07, 6.45) is 9.46. The minimum atomic E-state index is -0.0176. The number of rotatable bonds is 10. The van der Waals surface area contributed by atoms with E-state index in [4.69, 9.17) is 9.47 Å². The summed E-state index contributed by atoms with van der Waals surface area (Å²) in [4.78, 5) is 28.3. The van der Waals surface area contributed by atoms with Crippen LogP contribution in [-0.4, -0.2) is 48.4 Å². The standard InChI is InChI=1S/C33H42N2O4/c1-22(25-9-11-30-26(17-25)14-15-39-30)34(19-23-6-4-3-5-7-23)20-24-8-10-28(31(16-24)38-2)29-18-27(29)21-35-32(36)12-13-33(35)37/h8-11,16-17,22-23,27,29H,3-7,12-15,18-21H2,1-2H3/t22?,27-,29+/m0/s1. The van der Waals surface area contributed by atoms with Gasteiger partial charge in [-0.1, -0.05) is 43.5 Å². The van der Waals surface area contributed by atoms with E-state index in [1.165, 1.54) is 59.3 Å². The van der Waals surface area contributed by atoms with Crippen LogP contribution in [0.4, 0.5) is 0 Å². The van der Waals surface area contributed by atoms with Crippen molar-refractivity contribution in [3.8, 4) is 11.5 Å². The number of likely N-dealkylation sites (tertiary alicyclic amines) is 1. The SMILES string of the molecule is COc1cc(CN(CC2CCCCC2)C(C)c2ccc3c(c2)CCO3)ccc1[C@@H]1C[C@H]1CN1C(=O)CCC1=O. The summed E-state index contributed by atoms with van der Waals surface area (Å²) in [5.74, 6) is 3.37. The van der Waals surface area contributed by atoms with Gasteiger partial charge >= 0.3 is 0 Å². The summed E-state index contributed by atoms with van der Waals surface area (Å²) in [5.41, 5.74) is 5.17. The molecular formula is C33H42N2O4. The van der Waals surface area contributed by atoms with E-state index < -0.39 is 0 Å². The zero-order chi connectivity index (χ0) is 26.9. The van der Waals surface area contributed by atoms with Gasteiger partial charge in [-0.25, -0.2) is 0 Å². The van der Waals surface area contributed by atoms with Gasteiger partial charge in [0, 0.05) is 44.9 Å². The monoisotopic (exact) mass is 530 g/mol. The minimum Gasteiger partial charge on any atom is -0.496 e. The molecule has 39 heavy (non-hydrogen) atoms. The Morgan fingerprint density at radius 2 is 1.82 bits per heavy atom. The van der Waals surface area contributed by atoms with Gasteiger partial charge < -0.3 is 9.47 Å². The molecule has 2 heterocycles. The van der Waals surface area contributed by atoms with Gasteiger partial charge in [-0.05, 0) is 78.3 Å². The number of fused-ring (bicyclic) bond motifs is 1. The number of methoxy groups -OCH3 is 1. The smallest absolute Gasteiger partial charge is 0.229 e. The van der Waals surface area contributed by atoms with Crippen LogP contribution in [0.3, 0.4) is 0 Å². The number of imide groups is 1. The highest BCUT2D eigenvalue weighted by Gasteiger charge is 2.44. The Morgan fingerprint density at radius 3 is 2.59 bits per heavy atom. The zero-order valence-corrected chi connectivity index (χ0v) is 23.5. The van der Waals surface area contributed by atoms with E-state index >= 15 is 0 Å². The maximum absolute atomic E-state index is 12.1. The molecule has 1 saturated heterocycles. The van der Waals surface area contributed by atoms with E-state index in [0.29, 0.717) is 37.3 Å². The van der Waals surface area contributed by atoms with Crippen LogP contribution in [0.15, 0.2) is 36.4 Å². The van der Waals surface area contributed by atoms with Crippen LogP contribution in [-0.2, 0) is 22.6 Å². The van der Waals surface area contributed by atoms with Crippen molar-refractivity contribution in [2.75, 3.05) is 26.8 Å². The molecule has 0 N–H and O–H groups in total. The Balaban J connectivity index is 1.18. The van der Waals surface area contributed by atoms with E-state index in [9.17, 15) is 9.59 Å². The number of carbonyl (C=O) groups excluding carboxylic acids is 2. The second-order valence-electron chi connectivity index (χ2n) is 12.2. The molecule has 2 aliphatic heterocycles. The minimum absolute atomic E-state index is 0.0176. The molecule has 0 aromatic heterocycles. The molecule has 208 valence electrons. The van der Waals surface area contributed by atoms with E-state index in [-0.39, 0.29) is 11.8 Å². The Bertz CT molecular complexity index is 1200. The van der Waals surface area contributed by atoms with Gasteiger partial charge in [0.2, 0.25) is 11.8 Å². The van der Waals surface area contributed by atoms with Gasteiger partial charge in [0.05, 0.1) is 13.7 Å². The maximum atomic E-state index is 12.1. The molecule has 1 unspecified atom stereocenters. The van der Waals surface area contributed by atoms with Gasteiger partial charge in [0.15, 0.2) is 0 Å². The third-order valence-corrected chi connectivity index (χ3v) is 9.54. The summed E-state index contributed by atoms with van der Waals surface area (Å²) in [6.45, 7) is 5.68. The van der Waals surface area contributed by atoms with Crippen molar-refractivity contribution < 1.29 is 19.1 Å². The number of hydrogen-bond donors (Lipinski definition) is 0. The first-order valence-electron chi connectivity index (χ1n) is 15.0. The van der Waals surface area contributed by atoms with Crippen LogP contribution in [0.5, 0.6) is 11.5 Å². The molecule has 2 aromatic rings. The first-order valence-corrected chi connectivity index (χ1v) is 15.0. The van der Waals surface area contributed by atoms with E-state index in [1.54, 1.807) is 7.11 Å². The zero-order valence-electron chi connectivity index (χ0n) is 23.5. The van der Waals surface area contributed by atoms with E-state index in [2.05, 4.69) is 48.2 Å². The van der Waals surface area contributed by atoms with Crippen LogP contribution >= 0.6 is 0 Å². The van der Waals surface area contributed by atoms with Crippen molar-refractivity contribution in [2.24, 2.45) is 11.8 Å². The van der Waals surface area contributed by atoms with Crippen molar-refractivity contribution >= 4 is 11.8 Å². The molecule has 2 aliphatic carbocycles. The third-order valence-electron chi connectivity index (χ3n) is 9.54. The summed E-state index contributed by atoms with van der Waals surface area (Å²) in [7, 11) is 1.75. The number of hydrogen-bond acceptors (Lipinski definition) is 5. The highest BCUT2D eigenvalue weighted by atomic mass is 16.5. The highest BCUT2D eigenvalue weighted by Crippen LogP contribution is 2.51. The maximum Gasteiger partial charge on any atom is 0.229 e. The fourth-order valence-corrected chi connectivity index (χ4v) is 7.02. The normalized spacial score (nSPS) is 23.7. The van der Waals surface area contributed by atoms with Crippen LogP contribution < -0.4 is 9.47 Å². The molecule has 6 rings (SSSR count). The fourth-order valence-electron chi connectivity index (χ4n) is 7.02. The van der Waals surface area contributed by atoms with Crippen molar-refractivity contribution in [3.05, 3.63) is 58.7 Å². The predicted octanol–water partition coefficient (Wildman–Crippen LogP) is 6.03. The molecule has 6 heteroatoms. The van der Waals surface area contributed by atoms with Gasteiger partial charge in [-0.15, -0.1) is 0 Å². The Labute approximate surface area is 232 Å². The van der Waals surface area contributed by atoms with Crippen molar-refractivity contribution in [3.63, 3.8) is 0 Å². The number of amides is 2. The molecule has 0 bridgehead atoms. The van der Waals surface area contributed by atoms with Crippen LogP contribution in [0.1, 0.15) is 92.5 Å². The summed E-state index contributed by atoms with van der Waals surface area (Å²) < 4.78 is 11.7. The first kappa shape index (κ1) is 26.4. The summed E-state index contributed by atoms with van der Waals surface area (Å²) in [5, 5.41) is 0. The summed E-state index contributed by atoms with van der Waals surface area (Å²) >= 11 is 0. The van der Waals surface area contributed by atoms with Crippen LogP contribution in [0.25, 0.3) is 0 Å². The Morgan fingerprint density at radius 1 is 1.03 bits per heavy atom. The molecule has 2 amide bonds. The van der Waals surface area contributed by atoms with Crippen LogP contribution in [0.2, 0.25) is 0 Å². The Hall–Kier alpha value is -2.86. The topological polar surface area (TPSA) is 59.1 Å². The lowest BCUT2D eigenvalue weighted by Crippen LogP contribution is -2.32. The molecule has 3 atom stereocenters. The number of carbonyl (C=O) groups is 2. The molecule has 2 aromatic carbocycles. The fraction of sp³-hybridized carbons (Fsp3) is 0.576. The third kappa shape index (κ3) is 5.72. The average Bonchev–Trinajstić information content (AvgIpc) is 3.43. The average molecular weight is 531 g/mol. The van der Waals surface area contributed by atoms with E-state index in [1.807, 2.05) is 0 Å². The van der Waals surface area contributed by atoms with E-state index in [0.717, 1.165) is 50.0 Å². The molecular weight excluding hydrogens is 488 g/mol. The largest absolute Gasteiger partial charge is 0.496 e. The first-order chi connectivity index (χ1) is 19.0. The number of benzene rings is 2. The lowest BCUT2D eigenvalue weighted by molar-refractivity contribution is -0.138. The molecule has 6 nitrogen and oxygen atoms in total. The summed E-state index contributed by atoms with van der Waals surface area (Å²) in [6, 6.07) is 13.8. The highest BCUT2D eigenvalue weighted by molar-refractivity contribution is 6.01.